The number of aryl methyl sites for hydroxylation is 1. The van der Waals surface area contributed by atoms with Crippen LogP contribution in [0.4, 0.5) is 0 Å². The van der Waals surface area contributed by atoms with Crippen LogP contribution in [-0.2, 0) is 6.54 Å². The van der Waals surface area contributed by atoms with E-state index in [1.54, 1.807) is 12.1 Å². The monoisotopic (exact) mass is 329 g/mol. The number of nitrogens with zero attached hydrogens (tertiary/aromatic N) is 1. The van der Waals surface area contributed by atoms with Gasteiger partial charge in [-0.05, 0) is 25.1 Å². The first kappa shape index (κ1) is 16.0. The lowest BCUT2D eigenvalue weighted by molar-refractivity contribution is -0.917. The van der Waals surface area contributed by atoms with Crippen molar-refractivity contribution in [2.24, 2.45) is 0 Å². The molecule has 0 unspecified atom stereocenters. The normalized spacial score (nSPS) is 15.7. The van der Waals surface area contributed by atoms with E-state index < -0.39 is 0 Å². The summed E-state index contributed by atoms with van der Waals surface area (Å²) in [5.74, 6) is 0.0853. The van der Waals surface area contributed by atoms with Crippen LogP contribution in [0.15, 0.2) is 48.5 Å². The van der Waals surface area contributed by atoms with Gasteiger partial charge in [0.05, 0.1) is 26.2 Å². The first-order valence-electron chi connectivity index (χ1n) is 8.06. The summed E-state index contributed by atoms with van der Waals surface area (Å²) in [7, 11) is 0. The van der Waals surface area contributed by atoms with Gasteiger partial charge in [-0.2, -0.15) is 0 Å². The summed E-state index contributed by atoms with van der Waals surface area (Å²) in [6.45, 7) is 6.72. The number of carbonyl (C=O) groups excluding carboxylic acids is 1. The number of halogens is 1. The molecule has 0 radical (unpaired) electrons. The van der Waals surface area contributed by atoms with E-state index in [1.807, 2.05) is 17.0 Å². The summed E-state index contributed by atoms with van der Waals surface area (Å²) < 4.78 is 0. The second-order valence-electron chi connectivity index (χ2n) is 6.22. The number of hydrogen-bond donors (Lipinski definition) is 1. The highest BCUT2D eigenvalue weighted by atomic mass is 35.5. The third kappa shape index (κ3) is 4.12. The van der Waals surface area contributed by atoms with Crippen LogP contribution in [0.1, 0.15) is 21.5 Å². The van der Waals surface area contributed by atoms with Gasteiger partial charge in [0.1, 0.15) is 6.54 Å². The summed E-state index contributed by atoms with van der Waals surface area (Å²) in [6.07, 6.45) is 0. The molecule has 1 aliphatic rings. The molecule has 1 saturated heterocycles. The summed E-state index contributed by atoms with van der Waals surface area (Å²) in [6, 6.07) is 15.9. The summed E-state index contributed by atoms with van der Waals surface area (Å²) >= 11 is 5.98. The molecule has 0 bridgehead atoms. The molecule has 0 atom stereocenters. The third-order valence-electron chi connectivity index (χ3n) is 4.37. The molecule has 1 N–H and O–H groups in total. The van der Waals surface area contributed by atoms with Crippen LogP contribution in [0.3, 0.4) is 0 Å². The van der Waals surface area contributed by atoms with Crippen LogP contribution in [0.5, 0.6) is 0 Å². The van der Waals surface area contributed by atoms with Gasteiger partial charge in [0.25, 0.3) is 5.91 Å². The Balaban J connectivity index is 1.57. The molecule has 0 aliphatic carbocycles. The van der Waals surface area contributed by atoms with E-state index in [1.165, 1.54) is 16.0 Å². The number of rotatable bonds is 3. The zero-order chi connectivity index (χ0) is 16.2. The van der Waals surface area contributed by atoms with Gasteiger partial charge in [-0.3, -0.25) is 4.79 Å². The van der Waals surface area contributed by atoms with Crippen molar-refractivity contribution in [1.29, 1.82) is 0 Å². The molecule has 3 nitrogen and oxygen atoms in total. The molecule has 4 heteroatoms. The van der Waals surface area contributed by atoms with Gasteiger partial charge < -0.3 is 9.80 Å². The topological polar surface area (TPSA) is 24.8 Å². The fraction of sp³-hybridized carbons (Fsp3) is 0.316. The standard InChI is InChI=1S/C19H21ClN2O/c1-15-4-2-5-16(12-15)14-21-8-10-22(11-9-21)19(23)17-6-3-7-18(20)13-17/h2-7,12-13H,8-11,14H2,1H3/p+1. The Hall–Kier alpha value is -1.84. The highest BCUT2D eigenvalue weighted by Gasteiger charge is 2.24. The molecule has 2 aromatic rings. The van der Waals surface area contributed by atoms with Crippen molar-refractivity contribution in [3.63, 3.8) is 0 Å². The van der Waals surface area contributed by atoms with Gasteiger partial charge in [0.2, 0.25) is 0 Å². The van der Waals surface area contributed by atoms with E-state index in [2.05, 4.69) is 31.2 Å². The molecule has 0 spiro atoms. The summed E-state index contributed by atoms with van der Waals surface area (Å²) in [4.78, 5) is 16.0. The van der Waals surface area contributed by atoms with E-state index >= 15 is 0 Å². The van der Waals surface area contributed by atoms with Crippen molar-refractivity contribution in [1.82, 2.24) is 4.90 Å². The highest BCUT2D eigenvalue weighted by molar-refractivity contribution is 6.30. The molecular weight excluding hydrogens is 308 g/mol. The minimum absolute atomic E-state index is 0.0853. The number of quaternary nitrogens is 1. The van der Waals surface area contributed by atoms with E-state index in [9.17, 15) is 4.79 Å². The predicted molar refractivity (Wildman–Crippen MR) is 92.9 cm³/mol. The minimum Gasteiger partial charge on any atom is -0.328 e. The summed E-state index contributed by atoms with van der Waals surface area (Å²) in [5, 5.41) is 0.611. The van der Waals surface area contributed by atoms with Crippen LogP contribution in [-0.4, -0.2) is 37.0 Å². The molecular formula is C19H22ClN2O+. The van der Waals surface area contributed by atoms with E-state index in [0.717, 1.165) is 32.7 Å². The molecule has 3 rings (SSSR count). The molecule has 1 heterocycles. The average Bonchev–Trinajstić information content (AvgIpc) is 2.55. The summed E-state index contributed by atoms with van der Waals surface area (Å²) in [5.41, 5.74) is 3.35. The van der Waals surface area contributed by atoms with Gasteiger partial charge in [-0.1, -0.05) is 47.5 Å². The van der Waals surface area contributed by atoms with E-state index in [-0.39, 0.29) is 5.91 Å². The lowest BCUT2D eigenvalue weighted by Gasteiger charge is -2.32. The highest BCUT2D eigenvalue weighted by Crippen LogP contribution is 2.13. The SMILES string of the molecule is Cc1cccc(C[NH+]2CCN(C(=O)c3cccc(Cl)c3)CC2)c1. The Labute approximate surface area is 142 Å². The lowest BCUT2D eigenvalue weighted by atomic mass is 10.1. The van der Waals surface area contributed by atoms with Crippen molar-refractivity contribution in [2.45, 2.75) is 13.5 Å². The number of amides is 1. The number of piperazine rings is 1. The fourth-order valence-corrected chi connectivity index (χ4v) is 3.31. The maximum Gasteiger partial charge on any atom is 0.254 e. The Morgan fingerprint density at radius 2 is 1.87 bits per heavy atom. The zero-order valence-corrected chi connectivity index (χ0v) is 14.1. The van der Waals surface area contributed by atoms with Crippen molar-refractivity contribution in [2.75, 3.05) is 26.2 Å². The van der Waals surface area contributed by atoms with Crippen molar-refractivity contribution < 1.29 is 9.69 Å². The van der Waals surface area contributed by atoms with E-state index in [0.29, 0.717) is 10.6 Å². The van der Waals surface area contributed by atoms with Gasteiger partial charge in [-0.25, -0.2) is 0 Å². The van der Waals surface area contributed by atoms with Crippen LogP contribution in [0.25, 0.3) is 0 Å². The van der Waals surface area contributed by atoms with Gasteiger partial charge in [0, 0.05) is 16.1 Å². The molecule has 1 fully saturated rings. The lowest BCUT2D eigenvalue weighted by Crippen LogP contribution is -3.13. The third-order valence-corrected chi connectivity index (χ3v) is 4.60. The van der Waals surface area contributed by atoms with Gasteiger partial charge in [-0.15, -0.1) is 0 Å². The molecule has 23 heavy (non-hydrogen) atoms. The maximum atomic E-state index is 12.5. The Morgan fingerprint density at radius 3 is 2.57 bits per heavy atom. The average molecular weight is 330 g/mol. The fourth-order valence-electron chi connectivity index (χ4n) is 3.12. The number of hydrogen-bond acceptors (Lipinski definition) is 1. The van der Waals surface area contributed by atoms with Gasteiger partial charge in [0.15, 0.2) is 0 Å². The smallest absolute Gasteiger partial charge is 0.254 e. The molecule has 1 aliphatic heterocycles. The second-order valence-corrected chi connectivity index (χ2v) is 6.65. The quantitative estimate of drug-likeness (QED) is 0.917. The van der Waals surface area contributed by atoms with Crippen LogP contribution < -0.4 is 4.90 Å². The van der Waals surface area contributed by atoms with Crippen LogP contribution in [0.2, 0.25) is 5.02 Å². The number of benzene rings is 2. The first-order valence-corrected chi connectivity index (χ1v) is 8.43. The largest absolute Gasteiger partial charge is 0.328 e. The second kappa shape index (κ2) is 7.16. The molecule has 0 saturated carbocycles. The van der Waals surface area contributed by atoms with Crippen molar-refractivity contribution in [3.05, 3.63) is 70.2 Å². The van der Waals surface area contributed by atoms with E-state index in [4.69, 9.17) is 11.6 Å². The molecule has 1 amide bonds. The molecule has 0 aromatic heterocycles. The zero-order valence-electron chi connectivity index (χ0n) is 13.4. The van der Waals surface area contributed by atoms with Crippen molar-refractivity contribution >= 4 is 17.5 Å². The Bertz CT molecular complexity index is 693. The number of carbonyl (C=O) groups is 1. The molecule has 2 aromatic carbocycles. The Morgan fingerprint density at radius 1 is 1.13 bits per heavy atom. The van der Waals surface area contributed by atoms with Crippen LogP contribution >= 0.6 is 11.6 Å². The van der Waals surface area contributed by atoms with Gasteiger partial charge >= 0.3 is 0 Å². The number of nitrogens with one attached hydrogen (secondary N) is 1. The first-order chi connectivity index (χ1) is 11.1. The van der Waals surface area contributed by atoms with Crippen LogP contribution in [0, 0.1) is 6.92 Å². The minimum atomic E-state index is 0.0853. The van der Waals surface area contributed by atoms with Crippen molar-refractivity contribution in [3.8, 4) is 0 Å². The molecule has 120 valence electrons. The Kier molecular flexibility index (Phi) is 4.99. The predicted octanol–water partition coefficient (Wildman–Crippen LogP) is 2.19. The maximum absolute atomic E-state index is 12.5.